The Kier molecular flexibility index (Phi) is 7.18. The van der Waals surface area contributed by atoms with E-state index in [1.54, 1.807) is 13.8 Å². The fraction of sp³-hybridized carbons (Fsp3) is 0.778. The maximum absolute atomic E-state index is 12.8. The van der Waals surface area contributed by atoms with Crippen molar-refractivity contribution < 1.29 is 24.3 Å². The van der Waals surface area contributed by atoms with Crippen LogP contribution in [0.25, 0.3) is 0 Å². The van der Waals surface area contributed by atoms with E-state index in [1.165, 1.54) is 4.90 Å². The number of carbonyl (C=O) groups excluding carboxylic acids is 4. The third-order valence-corrected chi connectivity index (χ3v) is 5.42. The SMILES string of the molecule is CC[C@]1(C)NC(=O)[C@H](CCCCO)NC(=O)[C@H]2CCCN2C(=O)CNC1=O. The van der Waals surface area contributed by atoms with Crippen LogP contribution in [0.4, 0.5) is 0 Å². The first-order valence-electron chi connectivity index (χ1n) is 9.63. The second-order valence-corrected chi connectivity index (χ2v) is 7.38. The molecule has 4 amide bonds. The summed E-state index contributed by atoms with van der Waals surface area (Å²) in [4.78, 5) is 52.0. The molecule has 0 saturated carbocycles. The molecule has 0 aliphatic carbocycles. The predicted octanol–water partition coefficient (Wildman–Crippen LogP) is -0.960. The lowest BCUT2D eigenvalue weighted by Gasteiger charge is -2.33. The average molecular weight is 382 g/mol. The van der Waals surface area contributed by atoms with E-state index < -0.39 is 29.4 Å². The first kappa shape index (κ1) is 21.1. The van der Waals surface area contributed by atoms with Crippen LogP contribution in [-0.4, -0.2) is 71.0 Å². The van der Waals surface area contributed by atoms with E-state index >= 15 is 0 Å². The lowest BCUT2D eigenvalue weighted by atomic mass is 9.96. The number of rotatable bonds is 5. The number of aliphatic hydroxyl groups is 1. The number of hydrogen-bond donors (Lipinski definition) is 4. The number of aliphatic hydroxyl groups excluding tert-OH is 1. The monoisotopic (exact) mass is 382 g/mol. The van der Waals surface area contributed by atoms with Crippen molar-refractivity contribution in [3.63, 3.8) is 0 Å². The van der Waals surface area contributed by atoms with Gasteiger partial charge < -0.3 is 26.0 Å². The van der Waals surface area contributed by atoms with Crippen LogP contribution in [-0.2, 0) is 19.2 Å². The third kappa shape index (κ3) is 4.97. The third-order valence-electron chi connectivity index (χ3n) is 5.42. The van der Waals surface area contributed by atoms with Gasteiger partial charge in [-0.1, -0.05) is 6.92 Å². The predicted molar refractivity (Wildman–Crippen MR) is 97.5 cm³/mol. The van der Waals surface area contributed by atoms with Crippen molar-refractivity contribution in [2.45, 2.75) is 70.0 Å². The van der Waals surface area contributed by atoms with Crippen molar-refractivity contribution >= 4 is 23.6 Å². The molecule has 2 aliphatic rings. The summed E-state index contributed by atoms with van der Waals surface area (Å²) >= 11 is 0. The fourth-order valence-electron chi connectivity index (χ4n) is 3.45. The summed E-state index contributed by atoms with van der Waals surface area (Å²) in [5, 5.41) is 17.1. The first-order chi connectivity index (χ1) is 12.8. The van der Waals surface area contributed by atoms with Gasteiger partial charge in [0.05, 0.1) is 6.54 Å². The summed E-state index contributed by atoms with van der Waals surface area (Å²) in [6, 6.07) is -1.45. The first-order valence-corrected chi connectivity index (χ1v) is 9.63. The molecule has 0 aromatic heterocycles. The number of carbonyl (C=O) groups is 4. The van der Waals surface area contributed by atoms with E-state index in [0.29, 0.717) is 45.1 Å². The van der Waals surface area contributed by atoms with Gasteiger partial charge in [-0.15, -0.1) is 0 Å². The van der Waals surface area contributed by atoms with Crippen molar-refractivity contribution in [1.29, 1.82) is 0 Å². The number of nitrogens with one attached hydrogen (secondary N) is 3. The lowest BCUT2D eigenvalue weighted by molar-refractivity contribution is -0.142. The molecule has 2 fully saturated rings. The van der Waals surface area contributed by atoms with E-state index in [0.717, 1.165) is 0 Å². The summed E-state index contributed by atoms with van der Waals surface area (Å²) in [7, 11) is 0. The zero-order valence-corrected chi connectivity index (χ0v) is 16.0. The smallest absolute Gasteiger partial charge is 0.245 e. The Morgan fingerprint density at radius 1 is 1.19 bits per heavy atom. The van der Waals surface area contributed by atoms with E-state index in [9.17, 15) is 19.2 Å². The largest absolute Gasteiger partial charge is 0.396 e. The molecule has 0 spiro atoms. The maximum atomic E-state index is 12.8. The van der Waals surface area contributed by atoms with Crippen molar-refractivity contribution in [1.82, 2.24) is 20.9 Å². The Hall–Kier alpha value is -2.16. The summed E-state index contributed by atoms with van der Waals surface area (Å²) in [6.07, 6.45) is 2.98. The summed E-state index contributed by atoms with van der Waals surface area (Å²) < 4.78 is 0. The van der Waals surface area contributed by atoms with Crippen LogP contribution in [0, 0.1) is 0 Å². The van der Waals surface area contributed by atoms with Crippen molar-refractivity contribution in [2.75, 3.05) is 19.7 Å². The van der Waals surface area contributed by atoms with Crippen LogP contribution in [0.1, 0.15) is 52.4 Å². The molecule has 27 heavy (non-hydrogen) atoms. The molecule has 4 N–H and O–H groups in total. The van der Waals surface area contributed by atoms with Gasteiger partial charge >= 0.3 is 0 Å². The van der Waals surface area contributed by atoms with Crippen molar-refractivity contribution in [3.05, 3.63) is 0 Å². The van der Waals surface area contributed by atoms with Gasteiger partial charge in [0.2, 0.25) is 23.6 Å². The molecule has 152 valence electrons. The number of nitrogens with zero attached hydrogens (tertiary/aromatic N) is 1. The highest BCUT2D eigenvalue weighted by molar-refractivity contribution is 5.98. The highest BCUT2D eigenvalue weighted by Gasteiger charge is 2.40. The molecule has 0 aromatic rings. The van der Waals surface area contributed by atoms with Crippen molar-refractivity contribution in [2.24, 2.45) is 0 Å². The molecule has 3 atom stereocenters. The number of unbranched alkanes of at least 4 members (excludes halogenated alkanes) is 1. The number of amides is 4. The molecule has 0 aromatic carbocycles. The fourth-order valence-corrected chi connectivity index (χ4v) is 3.45. The maximum Gasteiger partial charge on any atom is 0.245 e. The molecule has 2 aliphatic heterocycles. The van der Waals surface area contributed by atoms with Gasteiger partial charge in [-0.3, -0.25) is 19.2 Å². The summed E-state index contributed by atoms with van der Waals surface area (Å²) in [5.41, 5.74) is -1.18. The highest BCUT2D eigenvalue weighted by atomic mass is 16.3. The van der Waals surface area contributed by atoms with Gasteiger partial charge in [-0.05, 0) is 45.4 Å². The van der Waals surface area contributed by atoms with Gasteiger partial charge in [0.15, 0.2) is 0 Å². The van der Waals surface area contributed by atoms with Gasteiger partial charge in [0.1, 0.15) is 17.6 Å². The molecule has 9 nitrogen and oxygen atoms in total. The van der Waals surface area contributed by atoms with Crippen LogP contribution in [0.15, 0.2) is 0 Å². The van der Waals surface area contributed by atoms with Gasteiger partial charge in [0.25, 0.3) is 0 Å². The Morgan fingerprint density at radius 3 is 2.59 bits per heavy atom. The average Bonchev–Trinajstić information content (AvgIpc) is 3.14. The molecule has 2 saturated heterocycles. The second-order valence-electron chi connectivity index (χ2n) is 7.38. The number of hydrogen-bond acceptors (Lipinski definition) is 5. The quantitative estimate of drug-likeness (QED) is 0.455. The van der Waals surface area contributed by atoms with Crippen LogP contribution in [0.3, 0.4) is 0 Å². The van der Waals surface area contributed by atoms with E-state index in [4.69, 9.17) is 5.11 Å². The molecule has 9 heteroatoms. The molecule has 0 radical (unpaired) electrons. The molecule has 2 heterocycles. The molecule has 0 unspecified atom stereocenters. The minimum Gasteiger partial charge on any atom is -0.396 e. The molecule has 2 rings (SSSR count). The van der Waals surface area contributed by atoms with Crippen LogP contribution in [0.2, 0.25) is 0 Å². The molecular formula is C18H30N4O5. The normalized spacial score (nSPS) is 30.0. The highest BCUT2D eigenvalue weighted by Crippen LogP contribution is 2.19. The second kappa shape index (κ2) is 9.16. The summed E-state index contributed by atoms with van der Waals surface area (Å²) in [5.74, 6) is -1.51. The topological polar surface area (TPSA) is 128 Å². The molecular weight excluding hydrogens is 352 g/mol. The Balaban J connectivity index is 2.28. The molecule has 0 bridgehead atoms. The summed E-state index contributed by atoms with van der Waals surface area (Å²) in [6.45, 7) is 3.63. The van der Waals surface area contributed by atoms with Crippen LogP contribution in [0.5, 0.6) is 0 Å². The lowest BCUT2D eigenvalue weighted by Crippen LogP contribution is -2.63. The zero-order chi connectivity index (χ0) is 20.0. The van der Waals surface area contributed by atoms with E-state index in [2.05, 4.69) is 16.0 Å². The van der Waals surface area contributed by atoms with Crippen LogP contribution >= 0.6 is 0 Å². The standard InChI is InChI=1S/C18H30N4O5/c1-3-18(2)17(27)19-11-14(24)22-9-6-8-13(22)16(26)20-12(15(25)21-18)7-4-5-10-23/h12-13,23H,3-11H2,1-2H3,(H,19,27)(H,20,26)(H,21,25)/t12-,13+,18-/m0/s1. The number of fused-ring (bicyclic) bond motifs is 1. The van der Waals surface area contributed by atoms with Crippen molar-refractivity contribution in [3.8, 4) is 0 Å². The van der Waals surface area contributed by atoms with Gasteiger partial charge in [-0.25, -0.2) is 0 Å². The van der Waals surface area contributed by atoms with E-state index in [1.807, 2.05) is 0 Å². The minimum absolute atomic E-state index is 0.00225. The van der Waals surface area contributed by atoms with Gasteiger partial charge in [-0.2, -0.15) is 0 Å². The van der Waals surface area contributed by atoms with Crippen LogP contribution < -0.4 is 16.0 Å². The minimum atomic E-state index is -1.18. The Labute approximate surface area is 159 Å². The Morgan fingerprint density at radius 2 is 1.93 bits per heavy atom. The Bertz CT molecular complexity index is 596. The van der Waals surface area contributed by atoms with Gasteiger partial charge in [0, 0.05) is 13.2 Å². The zero-order valence-electron chi connectivity index (χ0n) is 16.0. The van der Waals surface area contributed by atoms with E-state index in [-0.39, 0.29) is 25.0 Å².